The fraction of sp³-hybridized carbons (Fsp3) is 0.316. The summed E-state index contributed by atoms with van der Waals surface area (Å²) in [6, 6.07) is 12.5. The van der Waals surface area contributed by atoms with Gasteiger partial charge in [-0.05, 0) is 42.0 Å². The van der Waals surface area contributed by atoms with Crippen LogP contribution in [0.3, 0.4) is 0 Å². The van der Waals surface area contributed by atoms with E-state index in [1.54, 1.807) is 0 Å². The standard InChI is InChI=1S/C19H22N2O/c1-3-13-10-16(11-15-7-8-17(22)21-19(13)15)18(20)14-6-4-5-12(2)9-14/h4-6,9-11,18H,3,7-8,20H2,1-2H3,(H,21,22). The second-order valence-electron chi connectivity index (χ2n) is 6.01. The Balaban J connectivity index is 2.03. The number of carbonyl (C=O) groups excluding carboxylic acids is 1. The number of fused-ring (bicyclic) bond motifs is 1. The molecule has 0 bridgehead atoms. The number of benzene rings is 2. The van der Waals surface area contributed by atoms with E-state index >= 15 is 0 Å². The van der Waals surface area contributed by atoms with E-state index in [1.165, 1.54) is 16.7 Å². The molecular formula is C19H22N2O. The second-order valence-corrected chi connectivity index (χ2v) is 6.01. The van der Waals surface area contributed by atoms with Crippen molar-refractivity contribution in [1.82, 2.24) is 0 Å². The van der Waals surface area contributed by atoms with Gasteiger partial charge in [0, 0.05) is 12.1 Å². The molecule has 0 radical (unpaired) electrons. The minimum Gasteiger partial charge on any atom is -0.326 e. The maximum atomic E-state index is 11.6. The number of hydrogen-bond donors (Lipinski definition) is 2. The van der Waals surface area contributed by atoms with Gasteiger partial charge in [0.2, 0.25) is 5.91 Å². The third kappa shape index (κ3) is 2.77. The van der Waals surface area contributed by atoms with Gasteiger partial charge in [0.1, 0.15) is 0 Å². The zero-order valence-corrected chi connectivity index (χ0v) is 13.1. The summed E-state index contributed by atoms with van der Waals surface area (Å²) < 4.78 is 0. The molecule has 0 saturated heterocycles. The summed E-state index contributed by atoms with van der Waals surface area (Å²) in [5, 5.41) is 3.01. The zero-order valence-electron chi connectivity index (χ0n) is 13.1. The Morgan fingerprint density at radius 3 is 2.73 bits per heavy atom. The summed E-state index contributed by atoms with van der Waals surface area (Å²) in [6.07, 6.45) is 2.23. The fourth-order valence-electron chi connectivity index (χ4n) is 3.12. The molecule has 1 atom stereocenters. The molecule has 3 N–H and O–H groups in total. The van der Waals surface area contributed by atoms with Crippen molar-refractivity contribution >= 4 is 11.6 Å². The average Bonchev–Trinajstić information content (AvgIpc) is 2.53. The zero-order chi connectivity index (χ0) is 15.7. The summed E-state index contributed by atoms with van der Waals surface area (Å²) in [7, 11) is 0. The molecule has 0 aliphatic carbocycles. The average molecular weight is 294 g/mol. The van der Waals surface area contributed by atoms with Gasteiger partial charge in [-0.25, -0.2) is 0 Å². The normalized spacial score (nSPS) is 15.1. The topological polar surface area (TPSA) is 55.1 Å². The lowest BCUT2D eigenvalue weighted by molar-refractivity contribution is -0.116. The predicted octanol–water partition coefficient (Wildman–Crippen LogP) is 3.49. The molecule has 0 spiro atoms. The van der Waals surface area contributed by atoms with Gasteiger partial charge in [-0.15, -0.1) is 0 Å². The number of nitrogens with one attached hydrogen (secondary N) is 1. The minimum absolute atomic E-state index is 0.109. The van der Waals surface area contributed by atoms with E-state index in [0.29, 0.717) is 6.42 Å². The Labute approximate surface area is 131 Å². The van der Waals surface area contributed by atoms with Crippen molar-refractivity contribution in [1.29, 1.82) is 0 Å². The third-order valence-corrected chi connectivity index (χ3v) is 4.35. The van der Waals surface area contributed by atoms with Crippen LogP contribution in [0, 0.1) is 6.92 Å². The summed E-state index contributed by atoms with van der Waals surface area (Å²) >= 11 is 0. The first kappa shape index (κ1) is 14.8. The van der Waals surface area contributed by atoms with Gasteiger partial charge < -0.3 is 11.1 Å². The van der Waals surface area contributed by atoms with Crippen LogP contribution in [0.25, 0.3) is 0 Å². The lowest BCUT2D eigenvalue weighted by Gasteiger charge is -2.23. The van der Waals surface area contributed by atoms with Gasteiger partial charge in [-0.1, -0.05) is 48.9 Å². The molecule has 114 valence electrons. The van der Waals surface area contributed by atoms with Crippen molar-refractivity contribution in [2.75, 3.05) is 5.32 Å². The molecule has 2 aromatic rings. The number of anilines is 1. The predicted molar refractivity (Wildman–Crippen MR) is 90.0 cm³/mol. The maximum absolute atomic E-state index is 11.6. The van der Waals surface area contributed by atoms with Gasteiger partial charge in [-0.3, -0.25) is 4.79 Å². The third-order valence-electron chi connectivity index (χ3n) is 4.35. The number of carbonyl (C=O) groups is 1. The molecule has 3 heteroatoms. The summed E-state index contributed by atoms with van der Waals surface area (Å²) in [6.45, 7) is 4.19. The molecule has 2 aromatic carbocycles. The largest absolute Gasteiger partial charge is 0.326 e. The molecule has 1 aliphatic rings. The minimum atomic E-state index is -0.131. The number of rotatable bonds is 3. The first-order chi connectivity index (χ1) is 10.6. The van der Waals surface area contributed by atoms with Crippen molar-refractivity contribution in [3.05, 3.63) is 64.2 Å². The van der Waals surface area contributed by atoms with E-state index in [2.05, 4.69) is 49.5 Å². The van der Waals surface area contributed by atoms with Crippen LogP contribution in [-0.4, -0.2) is 5.91 Å². The molecular weight excluding hydrogens is 272 g/mol. The Morgan fingerprint density at radius 2 is 2.00 bits per heavy atom. The molecule has 1 heterocycles. The highest BCUT2D eigenvalue weighted by molar-refractivity contribution is 5.95. The second kappa shape index (κ2) is 5.93. The number of hydrogen-bond acceptors (Lipinski definition) is 2. The van der Waals surface area contributed by atoms with E-state index in [0.717, 1.165) is 29.7 Å². The molecule has 1 amide bonds. The van der Waals surface area contributed by atoms with Crippen LogP contribution in [0.1, 0.15) is 47.2 Å². The van der Waals surface area contributed by atoms with E-state index in [9.17, 15) is 4.79 Å². The summed E-state index contributed by atoms with van der Waals surface area (Å²) in [4.78, 5) is 11.6. The summed E-state index contributed by atoms with van der Waals surface area (Å²) in [5.74, 6) is 0.109. The molecule has 0 saturated carbocycles. The van der Waals surface area contributed by atoms with Gasteiger partial charge in [-0.2, -0.15) is 0 Å². The first-order valence-corrected chi connectivity index (χ1v) is 7.86. The monoisotopic (exact) mass is 294 g/mol. The van der Waals surface area contributed by atoms with Crippen LogP contribution in [-0.2, 0) is 17.6 Å². The van der Waals surface area contributed by atoms with Crippen LogP contribution in [0.4, 0.5) is 5.69 Å². The molecule has 0 aromatic heterocycles. The highest BCUT2D eigenvalue weighted by Crippen LogP contribution is 2.32. The fourth-order valence-corrected chi connectivity index (χ4v) is 3.12. The van der Waals surface area contributed by atoms with Crippen molar-refractivity contribution < 1.29 is 4.79 Å². The Bertz CT molecular complexity index is 704. The highest BCUT2D eigenvalue weighted by atomic mass is 16.1. The maximum Gasteiger partial charge on any atom is 0.224 e. The van der Waals surface area contributed by atoms with E-state index in [4.69, 9.17) is 5.73 Å². The quantitative estimate of drug-likeness (QED) is 0.910. The Morgan fingerprint density at radius 1 is 1.18 bits per heavy atom. The first-order valence-electron chi connectivity index (χ1n) is 7.86. The number of amides is 1. The molecule has 1 unspecified atom stereocenters. The smallest absolute Gasteiger partial charge is 0.224 e. The van der Waals surface area contributed by atoms with Crippen LogP contribution in [0.5, 0.6) is 0 Å². The van der Waals surface area contributed by atoms with E-state index in [-0.39, 0.29) is 11.9 Å². The van der Waals surface area contributed by atoms with Gasteiger partial charge in [0.05, 0.1) is 6.04 Å². The van der Waals surface area contributed by atoms with Gasteiger partial charge in [0.15, 0.2) is 0 Å². The van der Waals surface area contributed by atoms with Crippen molar-refractivity contribution in [2.45, 2.75) is 39.2 Å². The Hall–Kier alpha value is -2.13. The SMILES string of the molecule is CCc1cc(C(N)c2cccc(C)c2)cc2c1NC(=O)CC2. The number of aryl methyl sites for hydroxylation is 3. The van der Waals surface area contributed by atoms with Crippen LogP contribution < -0.4 is 11.1 Å². The molecule has 1 aliphatic heterocycles. The number of nitrogens with two attached hydrogens (primary N) is 1. The summed E-state index contributed by atoms with van der Waals surface area (Å²) in [5.41, 5.74) is 13.3. The Kier molecular flexibility index (Phi) is 3.99. The van der Waals surface area contributed by atoms with Gasteiger partial charge in [0.25, 0.3) is 0 Å². The van der Waals surface area contributed by atoms with E-state index in [1.807, 2.05) is 6.07 Å². The van der Waals surface area contributed by atoms with Gasteiger partial charge >= 0.3 is 0 Å². The van der Waals surface area contributed by atoms with Crippen LogP contribution >= 0.6 is 0 Å². The lowest BCUT2D eigenvalue weighted by atomic mass is 9.90. The van der Waals surface area contributed by atoms with Crippen molar-refractivity contribution in [3.8, 4) is 0 Å². The molecule has 3 nitrogen and oxygen atoms in total. The van der Waals surface area contributed by atoms with Crippen molar-refractivity contribution in [3.63, 3.8) is 0 Å². The van der Waals surface area contributed by atoms with E-state index < -0.39 is 0 Å². The lowest BCUT2D eigenvalue weighted by Crippen LogP contribution is -2.22. The molecule has 3 rings (SSSR count). The van der Waals surface area contributed by atoms with Crippen LogP contribution in [0.2, 0.25) is 0 Å². The molecule has 0 fully saturated rings. The molecule has 22 heavy (non-hydrogen) atoms. The highest BCUT2D eigenvalue weighted by Gasteiger charge is 2.20. The van der Waals surface area contributed by atoms with Crippen LogP contribution in [0.15, 0.2) is 36.4 Å². The van der Waals surface area contributed by atoms with Crippen molar-refractivity contribution in [2.24, 2.45) is 5.73 Å².